The maximum atomic E-state index is 4.80. The van der Waals surface area contributed by atoms with Crippen molar-refractivity contribution in [3.63, 3.8) is 0 Å². The lowest BCUT2D eigenvalue weighted by Gasteiger charge is -2.22. The molecule has 0 spiro atoms. The highest BCUT2D eigenvalue weighted by Crippen LogP contribution is 2.33. The van der Waals surface area contributed by atoms with Gasteiger partial charge in [0, 0.05) is 13.0 Å². The van der Waals surface area contributed by atoms with Gasteiger partial charge in [0.2, 0.25) is 0 Å². The smallest absolute Gasteiger partial charge is 0.154 e. The first-order chi connectivity index (χ1) is 8.34. The predicted molar refractivity (Wildman–Crippen MR) is 66.8 cm³/mol. The van der Waals surface area contributed by atoms with Crippen LogP contribution in [0.15, 0.2) is 0 Å². The molecule has 1 atom stereocenters. The normalized spacial score (nSPS) is 26.5. The summed E-state index contributed by atoms with van der Waals surface area (Å²) in [6, 6.07) is 0.427. The summed E-state index contributed by atoms with van der Waals surface area (Å²) in [4.78, 5) is 4.80. The van der Waals surface area contributed by atoms with E-state index in [1.807, 2.05) is 11.7 Å². The molecule has 4 nitrogen and oxygen atoms in total. The van der Waals surface area contributed by atoms with E-state index in [0.717, 1.165) is 18.2 Å². The molecule has 0 radical (unpaired) electrons. The number of hydrogen-bond donors (Lipinski definition) is 1. The van der Waals surface area contributed by atoms with Crippen molar-refractivity contribution in [2.75, 3.05) is 6.54 Å². The lowest BCUT2D eigenvalue weighted by molar-refractivity contribution is 0.386. The third-order valence-electron chi connectivity index (χ3n) is 4.16. The fourth-order valence-electron chi connectivity index (χ4n) is 3.15. The van der Waals surface area contributed by atoms with Crippen LogP contribution in [0.4, 0.5) is 0 Å². The van der Waals surface area contributed by atoms with Crippen molar-refractivity contribution >= 4 is 0 Å². The molecule has 2 aliphatic rings. The molecule has 1 unspecified atom stereocenters. The molecule has 1 aromatic rings. The first-order valence-corrected chi connectivity index (χ1v) is 6.99. The van der Waals surface area contributed by atoms with Crippen LogP contribution >= 0.6 is 0 Å². The van der Waals surface area contributed by atoms with E-state index >= 15 is 0 Å². The highest BCUT2D eigenvalue weighted by molar-refractivity contribution is 5.05. The van der Waals surface area contributed by atoms with Crippen molar-refractivity contribution in [3.05, 3.63) is 11.6 Å². The molecule has 1 aliphatic heterocycles. The molecule has 1 N–H and O–H groups in total. The van der Waals surface area contributed by atoms with Crippen LogP contribution in [0.2, 0.25) is 0 Å². The minimum atomic E-state index is 0.427. The average molecular weight is 234 g/mol. The van der Waals surface area contributed by atoms with Gasteiger partial charge in [0.15, 0.2) is 5.82 Å². The summed E-state index contributed by atoms with van der Waals surface area (Å²) < 4.78 is 2.00. The standard InChI is InChI=1S/C13H22N4/c1-17-13(11-8-4-5-9-14-11)15-12(16-17)10-6-2-3-7-10/h10-11,14H,2-9H2,1H3. The Hall–Kier alpha value is -0.900. The highest BCUT2D eigenvalue weighted by atomic mass is 15.3. The summed E-state index contributed by atoms with van der Waals surface area (Å²) in [5.41, 5.74) is 0. The van der Waals surface area contributed by atoms with Gasteiger partial charge in [0.1, 0.15) is 5.82 Å². The number of aryl methyl sites for hydroxylation is 1. The lowest BCUT2D eigenvalue weighted by atomic mass is 10.0. The van der Waals surface area contributed by atoms with Crippen molar-refractivity contribution in [3.8, 4) is 0 Å². The van der Waals surface area contributed by atoms with Crippen LogP contribution in [0.5, 0.6) is 0 Å². The van der Waals surface area contributed by atoms with Crippen LogP contribution in [-0.4, -0.2) is 21.3 Å². The SMILES string of the molecule is Cn1nc(C2CCCC2)nc1C1CCCCN1. The van der Waals surface area contributed by atoms with Gasteiger partial charge in [-0.25, -0.2) is 4.98 Å². The van der Waals surface area contributed by atoms with Gasteiger partial charge in [0.05, 0.1) is 6.04 Å². The Labute approximate surface area is 103 Å². The fraction of sp³-hybridized carbons (Fsp3) is 0.846. The van der Waals surface area contributed by atoms with Gasteiger partial charge >= 0.3 is 0 Å². The summed E-state index contributed by atoms with van der Waals surface area (Å²) in [5.74, 6) is 2.86. The second-order valence-corrected chi connectivity index (χ2v) is 5.44. The number of hydrogen-bond acceptors (Lipinski definition) is 3. The monoisotopic (exact) mass is 234 g/mol. The number of nitrogens with one attached hydrogen (secondary N) is 1. The van der Waals surface area contributed by atoms with Crippen LogP contribution in [0.25, 0.3) is 0 Å². The van der Waals surface area contributed by atoms with Gasteiger partial charge in [-0.15, -0.1) is 0 Å². The molecule has 0 aromatic carbocycles. The average Bonchev–Trinajstić information content (AvgIpc) is 2.99. The third-order valence-corrected chi connectivity index (χ3v) is 4.16. The molecule has 2 fully saturated rings. The zero-order valence-electron chi connectivity index (χ0n) is 10.7. The molecule has 1 saturated carbocycles. The quantitative estimate of drug-likeness (QED) is 0.853. The number of nitrogens with zero attached hydrogens (tertiary/aromatic N) is 3. The lowest BCUT2D eigenvalue weighted by Crippen LogP contribution is -2.29. The molecular weight excluding hydrogens is 212 g/mol. The zero-order chi connectivity index (χ0) is 11.7. The van der Waals surface area contributed by atoms with E-state index in [2.05, 4.69) is 10.4 Å². The Kier molecular flexibility index (Phi) is 3.14. The largest absolute Gasteiger partial charge is 0.307 e. The molecular formula is C13H22N4. The summed E-state index contributed by atoms with van der Waals surface area (Å²) in [6.45, 7) is 1.12. The molecule has 17 heavy (non-hydrogen) atoms. The molecule has 3 rings (SSSR count). The van der Waals surface area contributed by atoms with Crippen LogP contribution in [0, 0.1) is 0 Å². The van der Waals surface area contributed by atoms with Gasteiger partial charge in [-0.2, -0.15) is 5.10 Å². The van der Waals surface area contributed by atoms with Gasteiger partial charge in [-0.3, -0.25) is 4.68 Å². The van der Waals surface area contributed by atoms with Gasteiger partial charge in [0.25, 0.3) is 0 Å². The second kappa shape index (κ2) is 4.77. The van der Waals surface area contributed by atoms with E-state index in [1.165, 1.54) is 44.9 Å². The van der Waals surface area contributed by atoms with E-state index in [-0.39, 0.29) is 0 Å². The van der Waals surface area contributed by atoms with E-state index in [9.17, 15) is 0 Å². The topological polar surface area (TPSA) is 42.7 Å². The molecule has 4 heteroatoms. The minimum absolute atomic E-state index is 0.427. The number of aromatic nitrogens is 3. The summed E-state index contributed by atoms with van der Waals surface area (Å²) in [5, 5.41) is 8.19. The Morgan fingerprint density at radius 2 is 1.88 bits per heavy atom. The highest BCUT2D eigenvalue weighted by Gasteiger charge is 2.25. The van der Waals surface area contributed by atoms with Gasteiger partial charge < -0.3 is 5.32 Å². The summed E-state index contributed by atoms with van der Waals surface area (Å²) >= 11 is 0. The number of rotatable bonds is 2. The van der Waals surface area contributed by atoms with E-state index in [1.54, 1.807) is 0 Å². The van der Waals surface area contributed by atoms with Crippen LogP contribution < -0.4 is 5.32 Å². The van der Waals surface area contributed by atoms with E-state index < -0.39 is 0 Å². The van der Waals surface area contributed by atoms with Crippen LogP contribution in [0.3, 0.4) is 0 Å². The molecule has 0 bridgehead atoms. The van der Waals surface area contributed by atoms with Gasteiger partial charge in [-0.1, -0.05) is 19.3 Å². The fourth-order valence-corrected chi connectivity index (χ4v) is 3.15. The second-order valence-electron chi connectivity index (χ2n) is 5.44. The third kappa shape index (κ3) is 2.23. The maximum absolute atomic E-state index is 4.80. The van der Waals surface area contributed by atoms with Crippen molar-refractivity contribution < 1.29 is 0 Å². The van der Waals surface area contributed by atoms with E-state index in [0.29, 0.717) is 12.0 Å². The maximum Gasteiger partial charge on any atom is 0.154 e. The van der Waals surface area contributed by atoms with Crippen LogP contribution in [0.1, 0.15) is 68.6 Å². The minimum Gasteiger partial charge on any atom is -0.307 e. The Morgan fingerprint density at radius 3 is 2.59 bits per heavy atom. The molecule has 0 amide bonds. The van der Waals surface area contributed by atoms with Crippen molar-refractivity contribution in [1.29, 1.82) is 0 Å². The van der Waals surface area contributed by atoms with Crippen LogP contribution in [-0.2, 0) is 7.05 Å². The zero-order valence-corrected chi connectivity index (χ0v) is 10.7. The Morgan fingerprint density at radius 1 is 1.12 bits per heavy atom. The van der Waals surface area contributed by atoms with Crippen molar-refractivity contribution in [2.45, 2.75) is 56.9 Å². The molecule has 1 saturated heterocycles. The Balaban J connectivity index is 1.79. The first-order valence-electron chi connectivity index (χ1n) is 6.99. The van der Waals surface area contributed by atoms with Crippen molar-refractivity contribution in [1.82, 2.24) is 20.1 Å². The summed E-state index contributed by atoms with van der Waals surface area (Å²) in [6.07, 6.45) is 9.06. The molecule has 1 aromatic heterocycles. The summed E-state index contributed by atoms with van der Waals surface area (Å²) in [7, 11) is 2.04. The van der Waals surface area contributed by atoms with Gasteiger partial charge in [-0.05, 0) is 32.2 Å². The number of piperidine rings is 1. The predicted octanol–water partition coefficient (Wildman–Crippen LogP) is 2.29. The Bertz CT molecular complexity index is 373. The van der Waals surface area contributed by atoms with Crippen molar-refractivity contribution in [2.24, 2.45) is 7.05 Å². The molecule has 2 heterocycles. The molecule has 1 aliphatic carbocycles. The van der Waals surface area contributed by atoms with E-state index in [4.69, 9.17) is 4.98 Å². The molecule has 94 valence electrons. The first kappa shape index (κ1) is 11.2.